The highest BCUT2D eigenvalue weighted by Crippen LogP contribution is 2.37. The summed E-state index contributed by atoms with van der Waals surface area (Å²) in [4.78, 5) is 23.2. The summed E-state index contributed by atoms with van der Waals surface area (Å²) in [5.74, 6) is -2.62. The van der Waals surface area contributed by atoms with Crippen LogP contribution in [0.1, 0.15) is 5.56 Å². The minimum absolute atomic E-state index is 0.543. The van der Waals surface area contributed by atoms with Crippen LogP contribution in [0, 0.1) is 5.92 Å². The average Bonchev–Trinajstić information content (AvgIpc) is 2.39. The van der Waals surface area contributed by atoms with Crippen molar-refractivity contribution in [2.45, 2.75) is 5.41 Å². The molecule has 0 aromatic heterocycles. The number of nitrogens with two attached hydrogens (primary N) is 1. The highest BCUT2D eigenvalue weighted by atomic mass is 16.4. The summed E-state index contributed by atoms with van der Waals surface area (Å²) in [6, 6.07) is 8.65. The first kappa shape index (κ1) is 12.1. The van der Waals surface area contributed by atoms with Gasteiger partial charge in [-0.1, -0.05) is 54.6 Å². The monoisotopic (exact) mass is 243 g/mol. The molecular formula is C14H13NO3. The number of benzene rings is 1. The second-order valence-corrected chi connectivity index (χ2v) is 4.16. The molecule has 4 heteroatoms. The number of aliphatic carboxylic acids is 1. The Balaban J connectivity index is 2.64. The van der Waals surface area contributed by atoms with Crippen LogP contribution in [0.5, 0.6) is 0 Å². The van der Waals surface area contributed by atoms with Crippen molar-refractivity contribution in [2.24, 2.45) is 11.7 Å². The van der Waals surface area contributed by atoms with Crippen LogP contribution in [-0.2, 0) is 15.0 Å². The molecule has 2 unspecified atom stereocenters. The Labute approximate surface area is 104 Å². The Kier molecular flexibility index (Phi) is 3.02. The number of carbonyl (C=O) groups excluding carboxylic acids is 1. The van der Waals surface area contributed by atoms with Crippen LogP contribution in [0.2, 0.25) is 0 Å². The molecule has 1 amide bonds. The van der Waals surface area contributed by atoms with Crippen LogP contribution in [-0.4, -0.2) is 17.0 Å². The zero-order chi connectivity index (χ0) is 13.2. The number of amides is 1. The Morgan fingerprint density at radius 3 is 2.39 bits per heavy atom. The third kappa shape index (κ3) is 1.72. The van der Waals surface area contributed by atoms with E-state index < -0.39 is 23.2 Å². The van der Waals surface area contributed by atoms with E-state index in [4.69, 9.17) is 5.73 Å². The Morgan fingerprint density at radius 2 is 1.83 bits per heavy atom. The van der Waals surface area contributed by atoms with Gasteiger partial charge in [-0.3, -0.25) is 9.59 Å². The number of hydrogen-bond donors (Lipinski definition) is 2. The van der Waals surface area contributed by atoms with Crippen LogP contribution >= 0.6 is 0 Å². The van der Waals surface area contributed by atoms with E-state index in [1.54, 1.807) is 42.5 Å². The molecule has 1 aromatic rings. The van der Waals surface area contributed by atoms with Crippen molar-refractivity contribution in [1.29, 1.82) is 0 Å². The number of carboxylic acid groups (broad SMARTS) is 1. The molecule has 0 heterocycles. The molecule has 0 spiro atoms. The van der Waals surface area contributed by atoms with Gasteiger partial charge in [-0.2, -0.15) is 0 Å². The lowest BCUT2D eigenvalue weighted by Crippen LogP contribution is -2.47. The van der Waals surface area contributed by atoms with Crippen molar-refractivity contribution in [3.63, 3.8) is 0 Å². The van der Waals surface area contributed by atoms with Crippen LogP contribution in [0.15, 0.2) is 54.6 Å². The molecule has 1 aliphatic carbocycles. The molecule has 2 rings (SSSR count). The van der Waals surface area contributed by atoms with Gasteiger partial charge in [-0.25, -0.2) is 0 Å². The van der Waals surface area contributed by atoms with E-state index in [9.17, 15) is 14.7 Å². The summed E-state index contributed by atoms with van der Waals surface area (Å²) in [7, 11) is 0. The molecule has 92 valence electrons. The van der Waals surface area contributed by atoms with Crippen molar-refractivity contribution in [2.75, 3.05) is 0 Å². The lowest BCUT2D eigenvalue weighted by Gasteiger charge is -2.33. The van der Waals surface area contributed by atoms with Crippen LogP contribution in [0.3, 0.4) is 0 Å². The first-order valence-electron chi connectivity index (χ1n) is 5.53. The number of carboxylic acids is 1. The zero-order valence-corrected chi connectivity index (χ0v) is 9.61. The highest BCUT2D eigenvalue weighted by Gasteiger charge is 2.47. The molecule has 4 nitrogen and oxygen atoms in total. The topological polar surface area (TPSA) is 80.4 Å². The molecule has 0 aliphatic heterocycles. The van der Waals surface area contributed by atoms with Gasteiger partial charge < -0.3 is 10.8 Å². The van der Waals surface area contributed by atoms with E-state index in [1.807, 2.05) is 0 Å². The summed E-state index contributed by atoms with van der Waals surface area (Å²) >= 11 is 0. The number of hydrogen-bond acceptors (Lipinski definition) is 2. The standard InChI is InChI=1S/C14H13NO3/c15-12(16)11-8-4-5-9-14(11,13(17)18)10-6-2-1-3-7-10/h1-9,11H,(H2,15,16)(H,17,18). The van der Waals surface area contributed by atoms with Crippen LogP contribution in [0.25, 0.3) is 0 Å². The summed E-state index contributed by atoms with van der Waals surface area (Å²) in [5.41, 5.74) is 4.46. The zero-order valence-electron chi connectivity index (χ0n) is 9.61. The molecule has 18 heavy (non-hydrogen) atoms. The second kappa shape index (κ2) is 4.49. The minimum atomic E-state index is -1.41. The maximum absolute atomic E-state index is 11.7. The molecule has 0 bridgehead atoms. The SMILES string of the molecule is NC(=O)C1C=CC=CC1(C(=O)O)c1ccccc1. The van der Waals surface area contributed by atoms with Gasteiger partial charge in [0.25, 0.3) is 0 Å². The molecular weight excluding hydrogens is 230 g/mol. The van der Waals surface area contributed by atoms with Crippen molar-refractivity contribution >= 4 is 11.9 Å². The number of carbonyl (C=O) groups is 2. The molecule has 2 atom stereocenters. The van der Waals surface area contributed by atoms with E-state index in [0.29, 0.717) is 5.56 Å². The smallest absolute Gasteiger partial charge is 0.319 e. The molecule has 0 saturated heterocycles. The molecule has 3 N–H and O–H groups in total. The third-order valence-corrected chi connectivity index (χ3v) is 3.18. The van der Waals surface area contributed by atoms with Gasteiger partial charge >= 0.3 is 5.97 Å². The molecule has 0 saturated carbocycles. The van der Waals surface area contributed by atoms with Crippen molar-refractivity contribution < 1.29 is 14.7 Å². The quantitative estimate of drug-likeness (QED) is 0.838. The number of rotatable bonds is 3. The van der Waals surface area contributed by atoms with Crippen molar-refractivity contribution in [1.82, 2.24) is 0 Å². The average molecular weight is 243 g/mol. The van der Waals surface area contributed by atoms with E-state index in [1.165, 1.54) is 12.2 Å². The third-order valence-electron chi connectivity index (χ3n) is 3.18. The van der Waals surface area contributed by atoms with E-state index in [-0.39, 0.29) is 0 Å². The first-order chi connectivity index (χ1) is 8.59. The predicted molar refractivity (Wildman–Crippen MR) is 66.7 cm³/mol. The summed E-state index contributed by atoms with van der Waals surface area (Å²) in [6.45, 7) is 0. The number of primary amides is 1. The summed E-state index contributed by atoms with van der Waals surface area (Å²) < 4.78 is 0. The summed E-state index contributed by atoms with van der Waals surface area (Å²) in [6.07, 6.45) is 6.31. The second-order valence-electron chi connectivity index (χ2n) is 4.16. The van der Waals surface area contributed by atoms with Gasteiger partial charge in [0.05, 0.1) is 5.92 Å². The molecule has 1 aromatic carbocycles. The van der Waals surface area contributed by atoms with Gasteiger partial charge in [0.1, 0.15) is 5.41 Å². The molecule has 0 radical (unpaired) electrons. The lowest BCUT2D eigenvalue weighted by molar-refractivity contribution is -0.145. The van der Waals surface area contributed by atoms with Gasteiger partial charge in [-0.15, -0.1) is 0 Å². The normalized spacial score (nSPS) is 25.9. The van der Waals surface area contributed by atoms with Crippen LogP contribution < -0.4 is 5.73 Å². The Morgan fingerprint density at radius 1 is 1.17 bits per heavy atom. The van der Waals surface area contributed by atoms with E-state index in [2.05, 4.69) is 0 Å². The fraction of sp³-hybridized carbons (Fsp3) is 0.143. The lowest BCUT2D eigenvalue weighted by atomic mass is 9.68. The van der Waals surface area contributed by atoms with Gasteiger partial charge in [0.15, 0.2) is 0 Å². The highest BCUT2D eigenvalue weighted by molar-refractivity contribution is 5.94. The van der Waals surface area contributed by atoms with Gasteiger partial charge in [0, 0.05) is 0 Å². The molecule has 0 fully saturated rings. The Hall–Kier alpha value is -2.36. The van der Waals surface area contributed by atoms with Gasteiger partial charge in [0.2, 0.25) is 5.91 Å². The number of allylic oxidation sites excluding steroid dienone is 2. The predicted octanol–water partition coefficient (Wildman–Crippen LogP) is 1.24. The first-order valence-corrected chi connectivity index (χ1v) is 5.53. The maximum Gasteiger partial charge on any atom is 0.319 e. The summed E-state index contributed by atoms with van der Waals surface area (Å²) in [5, 5.41) is 9.57. The van der Waals surface area contributed by atoms with Crippen LogP contribution in [0.4, 0.5) is 0 Å². The van der Waals surface area contributed by atoms with Crippen molar-refractivity contribution in [3.05, 3.63) is 60.2 Å². The van der Waals surface area contributed by atoms with E-state index in [0.717, 1.165) is 0 Å². The maximum atomic E-state index is 11.7. The largest absolute Gasteiger partial charge is 0.480 e. The fourth-order valence-corrected chi connectivity index (χ4v) is 2.27. The minimum Gasteiger partial charge on any atom is -0.480 e. The molecule has 1 aliphatic rings. The Bertz CT molecular complexity index is 533. The van der Waals surface area contributed by atoms with E-state index >= 15 is 0 Å². The van der Waals surface area contributed by atoms with Crippen molar-refractivity contribution in [3.8, 4) is 0 Å². The fourth-order valence-electron chi connectivity index (χ4n) is 2.27. The van der Waals surface area contributed by atoms with Gasteiger partial charge in [-0.05, 0) is 5.56 Å².